The topological polar surface area (TPSA) is 72.1 Å². The molecule has 2 N–H and O–H groups in total. The lowest BCUT2D eigenvalue weighted by Crippen LogP contribution is -2.29. The number of halogens is 1. The molecule has 0 unspecified atom stereocenters. The zero-order valence-electron chi connectivity index (χ0n) is 12.3. The summed E-state index contributed by atoms with van der Waals surface area (Å²) < 4.78 is 0. The number of hydrogen-bond acceptors (Lipinski definition) is 4. The van der Waals surface area contributed by atoms with Crippen molar-refractivity contribution in [3.63, 3.8) is 0 Å². The van der Waals surface area contributed by atoms with E-state index >= 15 is 0 Å². The lowest BCUT2D eigenvalue weighted by molar-refractivity contribution is -0.129. The highest BCUT2D eigenvalue weighted by Gasteiger charge is 2.31. The van der Waals surface area contributed by atoms with Crippen molar-refractivity contribution in [2.45, 2.75) is 25.8 Å². The van der Waals surface area contributed by atoms with E-state index in [4.69, 9.17) is 17.3 Å². The van der Waals surface area contributed by atoms with Gasteiger partial charge in [-0.1, -0.05) is 23.7 Å². The fourth-order valence-electron chi connectivity index (χ4n) is 2.94. The van der Waals surface area contributed by atoms with E-state index in [1.54, 1.807) is 13.1 Å². The number of nitrogen functional groups attached to an aromatic ring is 1. The Hall–Kier alpha value is -2.14. The third-order valence-corrected chi connectivity index (χ3v) is 4.22. The predicted octanol–water partition coefficient (Wildman–Crippen LogP) is 3.06. The number of nitrogens with two attached hydrogens (primary N) is 1. The van der Waals surface area contributed by atoms with Gasteiger partial charge < -0.3 is 10.6 Å². The number of aromatic nitrogens is 2. The van der Waals surface area contributed by atoms with E-state index in [0.717, 1.165) is 36.2 Å². The summed E-state index contributed by atoms with van der Waals surface area (Å²) in [5.74, 6) is 0.282. The van der Waals surface area contributed by atoms with E-state index in [-0.39, 0.29) is 17.9 Å². The van der Waals surface area contributed by atoms with E-state index in [1.807, 2.05) is 29.2 Å². The van der Waals surface area contributed by atoms with Crippen molar-refractivity contribution < 1.29 is 4.79 Å². The number of anilines is 1. The monoisotopic (exact) mass is 316 g/mol. The van der Waals surface area contributed by atoms with Crippen LogP contribution in [0, 0.1) is 0 Å². The second-order valence-electron chi connectivity index (χ2n) is 5.40. The summed E-state index contributed by atoms with van der Waals surface area (Å²) in [6.45, 7) is 2.34. The van der Waals surface area contributed by atoms with Gasteiger partial charge in [-0.3, -0.25) is 4.79 Å². The Bertz CT molecular complexity index is 702. The minimum Gasteiger partial charge on any atom is -0.368 e. The number of likely N-dealkylation sites (tertiary alicyclic amines) is 1. The number of benzene rings is 1. The fourth-order valence-corrected chi connectivity index (χ4v) is 3.07. The first kappa shape index (κ1) is 14.8. The number of hydrogen-bond donors (Lipinski definition) is 1. The van der Waals surface area contributed by atoms with Crippen molar-refractivity contribution in [2.24, 2.45) is 0 Å². The molecule has 6 heteroatoms. The highest BCUT2D eigenvalue weighted by atomic mass is 35.5. The van der Waals surface area contributed by atoms with E-state index in [0.29, 0.717) is 5.02 Å². The smallest absolute Gasteiger partial charge is 0.220 e. The zero-order valence-corrected chi connectivity index (χ0v) is 13.0. The second-order valence-corrected chi connectivity index (χ2v) is 5.84. The average Bonchev–Trinajstić information content (AvgIpc) is 2.98. The van der Waals surface area contributed by atoms with Gasteiger partial charge >= 0.3 is 0 Å². The molecule has 1 atom stereocenters. The SMILES string of the molecule is CC(=O)N1CCC[C@@H]1c1nc(N)ncc1-c1ccc(Cl)cc1. The lowest BCUT2D eigenvalue weighted by Gasteiger charge is -2.24. The Labute approximate surface area is 134 Å². The molecule has 1 amide bonds. The molecule has 0 aliphatic carbocycles. The Balaban J connectivity index is 2.08. The van der Waals surface area contributed by atoms with Gasteiger partial charge in [0, 0.05) is 30.3 Å². The molecule has 0 spiro atoms. The van der Waals surface area contributed by atoms with Crippen molar-refractivity contribution in [1.29, 1.82) is 0 Å². The molecule has 22 heavy (non-hydrogen) atoms. The number of carbonyl (C=O) groups is 1. The first-order valence-electron chi connectivity index (χ1n) is 7.22. The van der Waals surface area contributed by atoms with Crippen molar-refractivity contribution in [1.82, 2.24) is 14.9 Å². The molecule has 114 valence electrons. The Kier molecular flexibility index (Phi) is 3.98. The predicted molar refractivity (Wildman–Crippen MR) is 86.3 cm³/mol. The molecular weight excluding hydrogens is 300 g/mol. The van der Waals surface area contributed by atoms with Gasteiger partial charge in [-0.15, -0.1) is 0 Å². The number of rotatable bonds is 2. The number of carbonyl (C=O) groups excluding carboxylic acids is 1. The number of amides is 1. The minimum atomic E-state index is -0.0477. The van der Waals surface area contributed by atoms with Crippen LogP contribution in [0.5, 0.6) is 0 Å². The van der Waals surface area contributed by atoms with Crippen LogP contribution in [-0.4, -0.2) is 27.3 Å². The molecule has 0 bridgehead atoms. The van der Waals surface area contributed by atoms with Crippen molar-refractivity contribution in [3.05, 3.63) is 41.2 Å². The third-order valence-electron chi connectivity index (χ3n) is 3.97. The van der Waals surface area contributed by atoms with Crippen molar-refractivity contribution in [3.8, 4) is 11.1 Å². The molecule has 1 fully saturated rings. The first-order valence-corrected chi connectivity index (χ1v) is 7.59. The van der Waals surface area contributed by atoms with Crippen molar-refractivity contribution >= 4 is 23.5 Å². The molecular formula is C16H17ClN4O. The van der Waals surface area contributed by atoms with Crippen molar-refractivity contribution in [2.75, 3.05) is 12.3 Å². The molecule has 0 radical (unpaired) electrons. The summed E-state index contributed by atoms with van der Waals surface area (Å²) in [6, 6.07) is 7.46. The Morgan fingerprint density at radius 1 is 1.36 bits per heavy atom. The summed E-state index contributed by atoms with van der Waals surface area (Å²) >= 11 is 5.95. The van der Waals surface area contributed by atoms with E-state index < -0.39 is 0 Å². The van der Waals surface area contributed by atoms with Gasteiger partial charge in [-0.05, 0) is 30.5 Å². The molecule has 3 rings (SSSR count). The van der Waals surface area contributed by atoms with Gasteiger partial charge in [0.2, 0.25) is 11.9 Å². The summed E-state index contributed by atoms with van der Waals surface area (Å²) in [6.07, 6.45) is 3.57. The molecule has 2 aromatic rings. The lowest BCUT2D eigenvalue weighted by atomic mass is 10.00. The largest absolute Gasteiger partial charge is 0.368 e. The van der Waals surface area contributed by atoms with E-state index in [2.05, 4.69) is 9.97 Å². The van der Waals surface area contributed by atoms with Crippen LogP contribution in [0.4, 0.5) is 5.95 Å². The van der Waals surface area contributed by atoms with Gasteiger partial charge in [0.1, 0.15) is 0 Å². The van der Waals surface area contributed by atoms with Crippen LogP contribution in [0.1, 0.15) is 31.5 Å². The normalized spacial score (nSPS) is 17.7. The first-order chi connectivity index (χ1) is 10.6. The number of nitrogens with zero attached hydrogens (tertiary/aromatic N) is 3. The maximum atomic E-state index is 11.8. The van der Waals surface area contributed by atoms with Crippen LogP contribution in [0.15, 0.2) is 30.5 Å². The molecule has 0 saturated carbocycles. The molecule has 1 aliphatic rings. The quantitative estimate of drug-likeness (QED) is 0.924. The fraction of sp³-hybridized carbons (Fsp3) is 0.312. The zero-order chi connectivity index (χ0) is 15.7. The summed E-state index contributed by atoms with van der Waals surface area (Å²) in [5, 5.41) is 0.674. The Morgan fingerprint density at radius 3 is 2.77 bits per heavy atom. The standard InChI is InChI=1S/C16H17ClN4O/c1-10(22)21-8-2-3-14(21)15-13(9-19-16(18)20-15)11-4-6-12(17)7-5-11/h4-7,9,14H,2-3,8H2,1H3,(H2,18,19,20)/t14-/m1/s1. The van der Waals surface area contributed by atoms with E-state index in [1.165, 1.54) is 0 Å². The van der Waals surface area contributed by atoms with Gasteiger partial charge in [-0.2, -0.15) is 0 Å². The molecule has 5 nitrogen and oxygen atoms in total. The van der Waals surface area contributed by atoms with Gasteiger partial charge in [-0.25, -0.2) is 9.97 Å². The van der Waals surface area contributed by atoms with Gasteiger partial charge in [0.25, 0.3) is 0 Å². The highest BCUT2D eigenvalue weighted by molar-refractivity contribution is 6.30. The average molecular weight is 317 g/mol. The highest BCUT2D eigenvalue weighted by Crippen LogP contribution is 2.36. The Morgan fingerprint density at radius 2 is 2.09 bits per heavy atom. The molecule has 1 saturated heterocycles. The summed E-state index contributed by atoms with van der Waals surface area (Å²) in [7, 11) is 0. The van der Waals surface area contributed by atoms with E-state index in [9.17, 15) is 4.79 Å². The minimum absolute atomic E-state index is 0.0477. The second kappa shape index (κ2) is 5.93. The maximum absolute atomic E-state index is 11.8. The van der Waals surface area contributed by atoms with Crippen LogP contribution < -0.4 is 5.73 Å². The van der Waals surface area contributed by atoms with Gasteiger partial charge in [0.15, 0.2) is 0 Å². The molecule has 1 aromatic heterocycles. The third kappa shape index (κ3) is 2.76. The van der Waals surface area contributed by atoms with Crippen LogP contribution in [0.3, 0.4) is 0 Å². The summed E-state index contributed by atoms with van der Waals surface area (Å²) in [4.78, 5) is 22.2. The van der Waals surface area contributed by atoms with Crippen LogP contribution in [0.2, 0.25) is 5.02 Å². The van der Waals surface area contributed by atoms with Crippen LogP contribution in [0.25, 0.3) is 11.1 Å². The molecule has 1 aromatic carbocycles. The maximum Gasteiger partial charge on any atom is 0.220 e. The summed E-state index contributed by atoms with van der Waals surface area (Å²) in [5.41, 5.74) is 8.44. The molecule has 1 aliphatic heterocycles. The molecule has 2 heterocycles. The van der Waals surface area contributed by atoms with Crippen LogP contribution >= 0.6 is 11.6 Å². The van der Waals surface area contributed by atoms with Gasteiger partial charge in [0.05, 0.1) is 11.7 Å². The van der Waals surface area contributed by atoms with Crippen LogP contribution in [-0.2, 0) is 4.79 Å².